The number of hydrogen-bond donors (Lipinski definition) is 2. The monoisotopic (exact) mass is 489 g/mol. The number of rotatable bonds is 6. The van der Waals surface area contributed by atoms with Gasteiger partial charge in [0, 0.05) is 50.7 Å². The molecule has 3 heterocycles. The van der Waals surface area contributed by atoms with Crippen molar-refractivity contribution in [1.29, 1.82) is 0 Å². The van der Waals surface area contributed by atoms with Crippen molar-refractivity contribution in [3.8, 4) is 0 Å². The Hall–Kier alpha value is -3.85. The summed E-state index contributed by atoms with van der Waals surface area (Å²) in [4.78, 5) is 34.5. The third kappa shape index (κ3) is 4.09. The van der Waals surface area contributed by atoms with Crippen LogP contribution in [0.3, 0.4) is 0 Å². The maximum absolute atomic E-state index is 13.3. The first kappa shape index (κ1) is 23.9. The fourth-order valence-corrected chi connectivity index (χ4v) is 5.16. The predicted octanol–water partition coefficient (Wildman–Crippen LogP) is 2.90. The molecule has 9 nitrogen and oxygen atoms in total. The third-order valence-electron chi connectivity index (χ3n) is 7.20. The zero-order valence-electron chi connectivity index (χ0n) is 20.8. The van der Waals surface area contributed by atoms with Crippen LogP contribution >= 0.6 is 0 Å². The summed E-state index contributed by atoms with van der Waals surface area (Å²) in [6.45, 7) is 3.79. The van der Waals surface area contributed by atoms with Gasteiger partial charge in [0.05, 0.1) is 17.8 Å². The molecule has 3 N–H and O–H groups in total. The minimum atomic E-state index is -0.731. The maximum Gasteiger partial charge on any atom is 0.265 e. The van der Waals surface area contributed by atoms with Crippen LogP contribution in [0.25, 0.3) is 22.0 Å². The number of carbonyl (C=O) groups is 1. The van der Waals surface area contributed by atoms with E-state index in [1.54, 1.807) is 7.05 Å². The lowest BCUT2D eigenvalue weighted by Gasteiger charge is -2.34. The molecule has 9 heteroatoms. The molecule has 1 amide bonds. The van der Waals surface area contributed by atoms with E-state index in [2.05, 4.69) is 4.90 Å². The van der Waals surface area contributed by atoms with Gasteiger partial charge in [-0.2, -0.15) is 0 Å². The van der Waals surface area contributed by atoms with Crippen molar-refractivity contribution in [3.63, 3.8) is 0 Å². The molecular weight excluding hydrogens is 458 g/mol. The van der Waals surface area contributed by atoms with Crippen molar-refractivity contribution in [2.45, 2.75) is 25.7 Å². The van der Waals surface area contributed by atoms with Crippen LogP contribution in [-0.2, 0) is 7.05 Å². The van der Waals surface area contributed by atoms with E-state index in [1.807, 2.05) is 55.3 Å². The summed E-state index contributed by atoms with van der Waals surface area (Å²) in [6, 6.07) is 11.8. The van der Waals surface area contributed by atoms with Gasteiger partial charge in [0.25, 0.3) is 11.5 Å². The number of aryl methyl sites for hydroxylation is 2. The molecule has 0 unspecified atom stereocenters. The van der Waals surface area contributed by atoms with E-state index in [0.29, 0.717) is 30.8 Å². The Kier molecular flexibility index (Phi) is 6.17. The Morgan fingerprint density at radius 3 is 2.67 bits per heavy atom. The van der Waals surface area contributed by atoms with E-state index in [-0.39, 0.29) is 18.1 Å². The van der Waals surface area contributed by atoms with Crippen molar-refractivity contribution >= 4 is 39.3 Å². The van der Waals surface area contributed by atoms with E-state index in [9.17, 15) is 14.7 Å². The van der Waals surface area contributed by atoms with Gasteiger partial charge in [-0.1, -0.05) is 6.07 Å². The second kappa shape index (κ2) is 9.31. The summed E-state index contributed by atoms with van der Waals surface area (Å²) >= 11 is 0. The number of nitrogens with two attached hydrogens (primary N) is 1. The first-order valence-corrected chi connectivity index (χ1v) is 12.2. The summed E-state index contributed by atoms with van der Waals surface area (Å²) in [7, 11) is 3.53. The molecule has 0 bridgehead atoms. The molecule has 36 heavy (non-hydrogen) atoms. The highest BCUT2D eigenvalue weighted by Gasteiger charge is 2.30. The van der Waals surface area contributed by atoms with Crippen molar-refractivity contribution in [2.24, 2.45) is 12.8 Å². The highest BCUT2D eigenvalue weighted by Crippen LogP contribution is 2.36. The Balaban J connectivity index is 1.51. The third-order valence-corrected chi connectivity index (χ3v) is 7.20. The molecule has 1 saturated heterocycles. The number of likely N-dealkylation sites (N-methyl/N-ethyl adjacent to an activating group) is 1. The van der Waals surface area contributed by atoms with Crippen LogP contribution in [0, 0.1) is 6.92 Å². The van der Waals surface area contributed by atoms with E-state index in [0.717, 1.165) is 46.5 Å². The number of hydrogen-bond acceptors (Lipinski definition) is 7. The number of aliphatic hydroxyl groups is 1. The van der Waals surface area contributed by atoms with Gasteiger partial charge in [0.2, 0.25) is 0 Å². The van der Waals surface area contributed by atoms with Gasteiger partial charge in [-0.25, -0.2) is 4.98 Å². The molecule has 5 rings (SSSR count). The van der Waals surface area contributed by atoms with Crippen molar-refractivity contribution in [2.75, 3.05) is 43.1 Å². The Labute approximate surface area is 208 Å². The molecule has 1 fully saturated rings. The number of benzene rings is 2. The Morgan fingerprint density at radius 1 is 1.22 bits per heavy atom. The minimum Gasteiger partial charge on any atom is -0.440 e. The summed E-state index contributed by atoms with van der Waals surface area (Å²) in [6.07, 6.45) is 1.55. The van der Waals surface area contributed by atoms with Crippen molar-refractivity contribution in [1.82, 2.24) is 9.55 Å². The molecule has 1 aliphatic heterocycles. The number of carbonyl (C=O) groups excluding carboxylic acids is 1. The SMILES string of the molecule is Cc1ccc2oc(C3CCN(c4c(C(N)=O)c(=O)n(C)c5cc(N(C)CCO)ccc45)CC3)nc2c1. The van der Waals surface area contributed by atoms with Crippen molar-refractivity contribution < 1.29 is 14.3 Å². The molecule has 0 radical (unpaired) electrons. The second-order valence-corrected chi connectivity index (χ2v) is 9.58. The summed E-state index contributed by atoms with van der Waals surface area (Å²) in [5.74, 6) is 0.156. The lowest BCUT2D eigenvalue weighted by Crippen LogP contribution is -2.38. The Morgan fingerprint density at radius 2 is 1.97 bits per heavy atom. The number of oxazole rings is 1. The molecule has 2 aromatic heterocycles. The summed E-state index contributed by atoms with van der Waals surface area (Å²) in [5, 5.41) is 10.1. The van der Waals surface area contributed by atoms with Crippen LogP contribution in [0.5, 0.6) is 0 Å². The van der Waals surface area contributed by atoms with Gasteiger partial charge < -0.3 is 29.6 Å². The number of anilines is 2. The lowest BCUT2D eigenvalue weighted by molar-refractivity contribution is 0.0999. The zero-order valence-corrected chi connectivity index (χ0v) is 20.8. The van der Waals surface area contributed by atoms with Crippen LogP contribution in [-0.4, -0.2) is 53.9 Å². The molecular formula is C27H31N5O4. The van der Waals surface area contributed by atoms with Crippen LogP contribution in [0.4, 0.5) is 11.4 Å². The lowest BCUT2D eigenvalue weighted by atomic mass is 9.95. The van der Waals surface area contributed by atoms with Crippen LogP contribution in [0.15, 0.2) is 45.6 Å². The highest BCUT2D eigenvalue weighted by molar-refractivity contribution is 6.07. The standard InChI is InChI=1S/C27H31N5O4/c1-16-4-7-22-20(14-16)29-26(36-22)17-8-10-32(11-9-17)24-19-6-5-18(30(2)12-13-33)15-21(19)31(3)27(35)23(24)25(28)34/h4-7,14-15,17,33H,8-13H2,1-3H3,(H2,28,34). The number of amides is 1. The quantitative estimate of drug-likeness (QED) is 0.428. The normalized spacial score (nSPS) is 14.6. The first-order chi connectivity index (χ1) is 17.3. The average molecular weight is 490 g/mol. The number of aromatic nitrogens is 2. The topological polar surface area (TPSA) is 118 Å². The molecule has 0 saturated carbocycles. The molecule has 0 atom stereocenters. The molecule has 2 aromatic carbocycles. The molecule has 4 aromatic rings. The molecule has 0 aliphatic carbocycles. The molecule has 1 aliphatic rings. The minimum absolute atomic E-state index is 0.0113. The van der Waals surface area contributed by atoms with Gasteiger partial charge in [0.1, 0.15) is 11.1 Å². The predicted molar refractivity (Wildman–Crippen MR) is 141 cm³/mol. The molecule has 188 valence electrons. The zero-order chi connectivity index (χ0) is 25.6. The number of aliphatic hydroxyl groups excluding tert-OH is 1. The maximum atomic E-state index is 13.3. The largest absolute Gasteiger partial charge is 0.440 e. The highest BCUT2D eigenvalue weighted by atomic mass is 16.3. The number of nitrogens with zero attached hydrogens (tertiary/aromatic N) is 4. The van der Waals surface area contributed by atoms with Gasteiger partial charge >= 0.3 is 0 Å². The first-order valence-electron chi connectivity index (χ1n) is 12.2. The number of pyridine rings is 1. The van der Waals surface area contributed by atoms with Gasteiger partial charge in [-0.05, 0) is 55.7 Å². The summed E-state index contributed by atoms with van der Waals surface area (Å²) < 4.78 is 7.52. The smallest absolute Gasteiger partial charge is 0.265 e. The summed E-state index contributed by atoms with van der Waals surface area (Å²) in [5.41, 5.74) is 10.3. The second-order valence-electron chi connectivity index (χ2n) is 9.58. The van der Waals surface area contributed by atoms with E-state index < -0.39 is 11.5 Å². The van der Waals surface area contributed by atoms with Crippen LogP contribution in [0.1, 0.15) is 40.6 Å². The van der Waals surface area contributed by atoms with E-state index in [4.69, 9.17) is 15.1 Å². The van der Waals surface area contributed by atoms with Gasteiger partial charge in [0.15, 0.2) is 11.5 Å². The molecule has 0 spiro atoms. The number of piperidine rings is 1. The van der Waals surface area contributed by atoms with Crippen LogP contribution in [0.2, 0.25) is 0 Å². The van der Waals surface area contributed by atoms with Crippen molar-refractivity contribution in [3.05, 3.63) is 63.8 Å². The fraction of sp³-hybridized carbons (Fsp3) is 0.370. The van der Waals surface area contributed by atoms with Crippen LogP contribution < -0.4 is 21.1 Å². The van der Waals surface area contributed by atoms with E-state index >= 15 is 0 Å². The Bertz CT molecular complexity index is 1510. The van der Waals surface area contributed by atoms with Gasteiger partial charge in [-0.3, -0.25) is 9.59 Å². The van der Waals surface area contributed by atoms with Gasteiger partial charge in [-0.15, -0.1) is 0 Å². The van der Waals surface area contributed by atoms with E-state index in [1.165, 1.54) is 4.57 Å². The average Bonchev–Trinajstić information content (AvgIpc) is 3.29. The number of fused-ring (bicyclic) bond motifs is 2. The number of primary amides is 1. The fourth-order valence-electron chi connectivity index (χ4n) is 5.16.